The van der Waals surface area contributed by atoms with Gasteiger partial charge in [0, 0.05) is 12.1 Å². The molecule has 0 radical (unpaired) electrons. The van der Waals surface area contributed by atoms with Crippen LogP contribution in [0.1, 0.15) is 0 Å². The number of benzene rings is 4. The third-order valence-corrected chi connectivity index (χ3v) is 6.21. The van der Waals surface area contributed by atoms with E-state index in [0.29, 0.717) is 0 Å². The summed E-state index contributed by atoms with van der Waals surface area (Å²) in [6.45, 7) is 0. The molecule has 6 nitrogen and oxygen atoms in total. The normalized spacial score (nSPS) is 12.4. The van der Waals surface area contributed by atoms with Crippen molar-refractivity contribution in [2.75, 3.05) is 0 Å². The van der Waals surface area contributed by atoms with Crippen LogP contribution in [-0.2, 0) is 0 Å². The summed E-state index contributed by atoms with van der Waals surface area (Å²) in [7, 11) is 0. The second-order valence-electron chi connectivity index (χ2n) is 8.03. The highest BCUT2D eigenvalue weighted by Gasteiger charge is 2.24. The van der Waals surface area contributed by atoms with Gasteiger partial charge in [0.05, 0.1) is 33.1 Å². The summed E-state index contributed by atoms with van der Waals surface area (Å²) in [6.07, 6.45) is 0. The van der Waals surface area contributed by atoms with Gasteiger partial charge >= 0.3 is 0 Å². The van der Waals surface area contributed by atoms with Crippen molar-refractivity contribution >= 4 is 50.2 Å². The van der Waals surface area contributed by atoms with E-state index in [2.05, 4.69) is 37.5 Å². The minimum absolute atomic E-state index is 0.779. The molecule has 4 aromatic heterocycles. The van der Waals surface area contributed by atoms with E-state index in [1.807, 2.05) is 66.7 Å². The van der Waals surface area contributed by atoms with Crippen LogP contribution in [0.2, 0.25) is 0 Å². The van der Waals surface area contributed by atoms with Crippen molar-refractivity contribution in [3.8, 4) is 11.5 Å². The lowest BCUT2D eigenvalue weighted by molar-refractivity contribution is 0.484. The van der Waals surface area contributed by atoms with Crippen molar-refractivity contribution in [3.63, 3.8) is 0 Å². The monoisotopic (exact) mass is 413 g/mol. The second-order valence-corrected chi connectivity index (χ2v) is 8.03. The van der Waals surface area contributed by atoms with E-state index < -0.39 is 0 Å². The Hall–Kier alpha value is -4.58. The quantitative estimate of drug-likeness (QED) is 0.353. The second kappa shape index (κ2) is 5.56. The molecule has 4 aromatic carbocycles. The molecule has 0 aliphatic rings. The summed E-state index contributed by atoms with van der Waals surface area (Å²) in [5, 5.41) is 0. The molecule has 8 aromatic rings. The fraction of sp³-hybridized carbons (Fsp3) is 0. The standard InChI is InChI=1S/C26H15N5O/c1-2-8-16(9-3-1)32-17-14-22-24-23(15-17)30-21-13-7-5-11-19(21)28-26(30)31(24)25-27-18-10-4-6-12-20(18)29(22)25/h1-15H. The van der Waals surface area contributed by atoms with Gasteiger partial charge in [-0.2, -0.15) is 0 Å². The molecule has 0 N–H and O–H groups in total. The molecular weight excluding hydrogens is 398 g/mol. The Balaban J connectivity index is 1.60. The number of ether oxygens (including phenoxy) is 1. The summed E-state index contributed by atoms with van der Waals surface area (Å²) < 4.78 is 12.9. The molecular formula is C26H15N5O. The molecule has 0 saturated carbocycles. The van der Waals surface area contributed by atoms with Crippen LogP contribution in [0.4, 0.5) is 0 Å². The number of aromatic nitrogens is 5. The summed E-state index contributed by atoms with van der Waals surface area (Å²) in [6, 6.07) is 30.5. The molecule has 0 saturated heterocycles. The number of hydrogen-bond donors (Lipinski definition) is 0. The summed E-state index contributed by atoms with van der Waals surface area (Å²) in [5.41, 5.74) is 7.24. The van der Waals surface area contributed by atoms with Gasteiger partial charge < -0.3 is 4.74 Å². The van der Waals surface area contributed by atoms with Gasteiger partial charge in [-0.05, 0) is 36.4 Å². The molecule has 0 unspecified atom stereocenters. The van der Waals surface area contributed by atoms with Crippen LogP contribution in [0.25, 0.3) is 50.2 Å². The molecule has 0 bridgehead atoms. The van der Waals surface area contributed by atoms with Gasteiger partial charge in [0.1, 0.15) is 17.0 Å². The van der Waals surface area contributed by atoms with Crippen molar-refractivity contribution in [2.45, 2.75) is 0 Å². The lowest BCUT2D eigenvalue weighted by Gasteiger charge is -2.07. The molecule has 0 amide bonds. The Bertz CT molecular complexity index is 1840. The van der Waals surface area contributed by atoms with Gasteiger partial charge in [0.2, 0.25) is 11.6 Å². The number of imidazole rings is 4. The van der Waals surface area contributed by atoms with Gasteiger partial charge in [-0.3, -0.25) is 8.80 Å². The topological polar surface area (TPSA) is 48.2 Å². The van der Waals surface area contributed by atoms with Crippen LogP contribution in [0.5, 0.6) is 11.5 Å². The fourth-order valence-corrected chi connectivity index (χ4v) is 4.92. The van der Waals surface area contributed by atoms with Crippen molar-refractivity contribution in [1.29, 1.82) is 0 Å². The number of nitrogens with zero attached hydrogens (tertiary/aromatic N) is 5. The third-order valence-electron chi connectivity index (χ3n) is 6.21. The Kier molecular flexibility index (Phi) is 2.81. The van der Waals surface area contributed by atoms with Crippen LogP contribution in [0.3, 0.4) is 0 Å². The molecule has 4 heterocycles. The lowest BCUT2D eigenvalue weighted by atomic mass is 10.2. The lowest BCUT2D eigenvalue weighted by Crippen LogP contribution is -1.89. The maximum absolute atomic E-state index is 6.29. The first-order valence-electron chi connectivity index (χ1n) is 10.5. The van der Waals surface area contributed by atoms with Crippen LogP contribution in [0, 0.1) is 0 Å². The van der Waals surface area contributed by atoms with E-state index in [-0.39, 0.29) is 0 Å². The van der Waals surface area contributed by atoms with E-state index in [0.717, 1.165) is 61.7 Å². The molecule has 0 fully saturated rings. The van der Waals surface area contributed by atoms with E-state index in [9.17, 15) is 0 Å². The molecule has 32 heavy (non-hydrogen) atoms. The largest absolute Gasteiger partial charge is 0.457 e. The highest BCUT2D eigenvalue weighted by atomic mass is 16.5. The van der Waals surface area contributed by atoms with E-state index in [1.54, 1.807) is 0 Å². The van der Waals surface area contributed by atoms with Gasteiger partial charge in [-0.25, -0.2) is 14.4 Å². The Labute approximate surface area is 180 Å². The zero-order valence-electron chi connectivity index (χ0n) is 16.8. The van der Waals surface area contributed by atoms with Crippen molar-refractivity contribution in [3.05, 3.63) is 91.0 Å². The predicted octanol–water partition coefficient (Wildman–Crippen LogP) is 5.92. The number of fused-ring (bicyclic) bond motifs is 10. The van der Waals surface area contributed by atoms with Crippen LogP contribution in [-0.4, -0.2) is 23.2 Å². The summed E-state index contributed by atoms with van der Waals surface area (Å²) in [4.78, 5) is 9.94. The average Bonchev–Trinajstić information content (AvgIpc) is 3.54. The Morgan fingerprint density at radius 2 is 1.03 bits per heavy atom. The highest BCUT2D eigenvalue weighted by molar-refractivity contribution is 6.04. The smallest absolute Gasteiger partial charge is 0.223 e. The van der Waals surface area contributed by atoms with Crippen LogP contribution >= 0.6 is 0 Å². The van der Waals surface area contributed by atoms with Crippen LogP contribution in [0.15, 0.2) is 91.0 Å². The SMILES string of the molecule is c1ccc(Oc2cc3c4c(c2)n2c5ccccc5nc2n4c2nc4ccccc4n32)cc1. The Morgan fingerprint density at radius 3 is 1.62 bits per heavy atom. The summed E-state index contributed by atoms with van der Waals surface area (Å²) >= 11 is 0. The maximum Gasteiger partial charge on any atom is 0.223 e. The number of para-hydroxylation sites is 5. The first-order chi connectivity index (χ1) is 15.9. The Morgan fingerprint density at radius 1 is 0.500 bits per heavy atom. The molecule has 0 aliphatic carbocycles. The van der Waals surface area contributed by atoms with Gasteiger partial charge in [-0.15, -0.1) is 0 Å². The molecule has 150 valence electrons. The highest BCUT2D eigenvalue weighted by Crippen LogP contribution is 2.37. The van der Waals surface area contributed by atoms with Crippen LogP contribution < -0.4 is 4.74 Å². The van der Waals surface area contributed by atoms with Gasteiger partial charge in [0.25, 0.3) is 0 Å². The molecule has 0 atom stereocenters. The molecule has 6 heteroatoms. The zero-order valence-corrected chi connectivity index (χ0v) is 16.8. The molecule has 8 rings (SSSR count). The predicted molar refractivity (Wildman–Crippen MR) is 125 cm³/mol. The minimum atomic E-state index is 0.779. The fourth-order valence-electron chi connectivity index (χ4n) is 4.92. The van der Waals surface area contributed by atoms with E-state index >= 15 is 0 Å². The number of rotatable bonds is 2. The molecule has 0 spiro atoms. The average molecular weight is 413 g/mol. The van der Waals surface area contributed by atoms with Crippen molar-refractivity contribution in [1.82, 2.24) is 23.2 Å². The van der Waals surface area contributed by atoms with Crippen molar-refractivity contribution in [2.24, 2.45) is 0 Å². The van der Waals surface area contributed by atoms with E-state index in [1.165, 1.54) is 0 Å². The first kappa shape index (κ1) is 16.2. The summed E-state index contributed by atoms with van der Waals surface area (Å²) in [5.74, 6) is 3.29. The number of hydrogen-bond acceptors (Lipinski definition) is 3. The van der Waals surface area contributed by atoms with Gasteiger partial charge in [0.15, 0.2) is 0 Å². The van der Waals surface area contributed by atoms with Crippen molar-refractivity contribution < 1.29 is 4.74 Å². The first-order valence-corrected chi connectivity index (χ1v) is 10.5. The zero-order chi connectivity index (χ0) is 20.8. The maximum atomic E-state index is 6.29. The third kappa shape index (κ3) is 1.90. The minimum Gasteiger partial charge on any atom is -0.457 e. The van der Waals surface area contributed by atoms with E-state index in [4.69, 9.17) is 14.7 Å². The van der Waals surface area contributed by atoms with Gasteiger partial charge in [-0.1, -0.05) is 42.5 Å². The molecule has 0 aliphatic heterocycles.